The zero-order chi connectivity index (χ0) is 31.6. The highest BCUT2D eigenvalue weighted by Gasteiger charge is 2.52. The Balaban J connectivity index is 1.51. The molecule has 45 heavy (non-hydrogen) atoms. The minimum Gasteiger partial charge on any atom is -0.459 e. The normalized spacial score (nSPS) is 20.6. The van der Waals surface area contributed by atoms with Crippen molar-refractivity contribution in [2.75, 3.05) is 6.61 Å². The summed E-state index contributed by atoms with van der Waals surface area (Å²) in [7, 11) is 0. The molecule has 1 saturated heterocycles. The summed E-state index contributed by atoms with van der Waals surface area (Å²) in [5.41, 5.74) is 0.872. The molecule has 1 aliphatic rings. The first-order valence-corrected chi connectivity index (χ1v) is 14.1. The number of esters is 4. The molecule has 0 spiro atoms. The molecule has 0 aliphatic carbocycles. The molecule has 5 rings (SSSR count). The van der Waals surface area contributed by atoms with Crippen LogP contribution in [0.3, 0.4) is 0 Å². The Morgan fingerprint density at radius 3 is 1.29 bits per heavy atom. The van der Waals surface area contributed by atoms with E-state index in [0.717, 1.165) is 0 Å². The summed E-state index contributed by atoms with van der Waals surface area (Å²) >= 11 is 0. The number of carbonyl (C=O) groups excluding carboxylic acids is 4. The van der Waals surface area contributed by atoms with Crippen molar-refractivity contribution in [3.63, 3.8) is 0 Å². The Morgan fingerprint density at radius 2 is 0.889 bits per heavy atom. The number of rotatable bonds is 9. The van der Waals surface area contributed by atoms with Gasteiger partial charge in [0.15, 0.2) is 24.4 Å². The average Bonchev–Trinajstić information content (AvgIpc) is 3.10. The largest absolute Gasteiger partial charge is 0.459 e. The Hall–Kier alpha value is -5.72. The quantitative estimate of drug-likeness (QED) is 0.149. The lowest BCUT2D eigenvalue weighted by Crippen LogP contribution is -2.62. The van der Waals surface area contributed by atoms with E-state index < -0.39 is 61.0 Å². The van der Waals surface area contributed by atoms with Crippen LogP contribution in [0.2, 0.25) is 0 Å². The second-order valence-electron chi connectivity index (χ2n) is 9.93. The molecule has 0 bridgehead atoms. The lowest BCUT2D eigenvalue weighted by atomic mass is 9.94. The molecule has 0 N–H and O–H groups in total. The van der Waals surface area contributed by atoms with Crippen LogP contribution in [0.5, 0.6) is 0 Å². The Bertz CT molecular complexity index is 1650. The molecule has 0 aromatic heterocycles. The third-order valence-electron chi connectivity index (χ3n) is 6.94. The van der Waals surface area contributed by atoms with Crippen LogP contribution in [-0.2, 0) is 23.7 Å². The number of ether oxygens (including phenoxy) is 5. The molecular weight excluding hydrogens is 576 g/mol. The molecule has 226 valence electrons. The summed E-state index contributed by atoms with van der Waals surface area (Å²) in [6.07, 6.45) is -0.959. The van der Waals surface area contributed by atoms with Gasteiger partial charge in [0.2, 0.25) is 0 Å². The minimum absolute atomic E-state index is 0.189. The predicted molar refractivity (Wildman–Crippen MR) is 161 cm³/mol. The van der Waals surface area contributed by atoms with Crippen molar-refractivity contribution in [3.05, 3.63) is 144 Å². The number of carbonyl (C=O) groups is 4. The van der Waals surface area contributed by atoms with E-state index in [0.29, 0.717) is 0 Å². The van der Waals surface area contributed by atoms with Crippen LogP contribution >= 0.6 is 0 Å². The van der Waals surface area contributed by atoms with Gasteiger partial charge in [-0.25, -0.2) is 19.2 Å². The van der Waals surface area contributed by atoms with E-state index >= 15 is 0 Å². The van der Waals surface area contributed by atoms with Crippen LogP contribution in [0.25, 0.3) is 0 Å². The fourth-order valence-electron chi connectivity index (χ4n) is 4.70. The highest BCUT2D eigenvalue weighted by molar-refractivity contribution is 5.91. The Labute approximate surface area is 259 Å². The van der Waals surface area contributed by atoms with Gasteiger partial charge in [-0.15, -0.1) is 6.42 Å². The van der Waals surface area contributed by atoms with Crippen LogP contribution in [0.15, 0.2) is 121 Å². The van der Waals surface area contributed by atoms with E-state index in [1.54, 1.807) is 109 Å². The van der Waals surface area contributed by atoms with Crippen molar-refractivity contribution >= 4 is 23.9 Å². The van der Waals surface area contributed by atoms with Gasteiger partial charge in [-0.2, -0.15) is 0 Å². The van der Waals surface area contributed by atoms with Gasteiger partial charge in [-0.3, -0.25) is 0 Å². The summed E-state index contributed by atoms with van der Waals surface area (Å²) in [6.45, 7) is -0.433. The lowest BCUT2D eigenvalue weighted by molar-refractivity contribution is -0.215. The van der Waals surface area contributed by atoms with Crippen LogP contribution in [-0.4, -0.2) is 61.0 Å². The fourth-order valence-corrected chi connectivity index (χ4v) is 4.70. The first-order valence-electron chi connectivity index (χ1n) is 14.1. The third kappa shape index (κ3) is 7.63. The predicted octanol–water partition coefficient (Wildman–Crippen LogP) is 4.92. The van der Waals surface area contributed by atoms with Gasteiger partial charge in [0, 0.05) is 0 Å². The van der Waals surface area contributed by atoms with Gasteiger partial charge in [-0.05, 0) is 48.5 Å². The highest BCUT2D eigenvalue weighted by atomic mass is 16.7. The maximum Gasteiger partial charge on any atom is 0.338 e. The Kier molecular flexibility index (Phi) is 10.00. The first-order chi connectivity index (χ1) is 21.9. The van der Waals surface area contributed by atoms with E-state index in [4.69, 9.17) is 30.1 Å². The standard InChI is InChI=1S/C36H28O9/c1-2-28-30(43-34(38)25-17-9-4-10-18-25)32(45-36(40)27-21-13-6-14-22-27)31(44-35(39)26-19-11-5-12-20-26)29(42-28)23-41-33(37)24-15-7-3-8-16-24/h1,3-22,28-32H,23H2/t28-,29-,30-,31-,32-/m1/s1. The number of terminal acetylenes is 1. The molecule has 1 heterocycles. The van der Waals surface area contributed by atoms with Crippen LogP contribution in [0, 0.1) is 12.3 Å². The molecular formula is C36H28O9. The van der Waals surface area contributed by atoms with E-state index in [-0.39, 0.29) is 22.3 Å². The SMILES string of the molecule is C#C[C@H]1O[C@H](COC(=O)c2ccccc2)[C@@H](OC(=O)c2ccccc2)[C@H](OC(=O)c2ccccc2)[C@@H]1OC(=O)c1ccccc1. The molecule has 1 fully saturated rings. The molecule has 4 aromatic carbocycles. The van der Waals surface area contributed by atoms with Crippen molar-refractivity contribution in [3.8, 4) is 12.3 Å². The minimum atomic E-state index is -1.46. The molecule has 0 amide bonds. The smallest absolute Gasteiger partial charge is 0.338 e. The summed E-state index contributed by atoms with van der Waals surface area (Å²) in [6, 6.07) is 32.6. The molecule has 9 heteroatoms. The monoisotopic (exact) mass is 604 g/mol. The van der Waals surface area contributed by atoms with E-state index in [1.807, 2.05) is 0 Å². The third-order valence-corrected chi connectivity index (χ3v) is 6.94. The number of benzene rings is 4. The first kappa shape index (κ1) is 30.7. The number of hydrogen-bond acceptors (Lipinski definition) is 9. The molecule has 0 radical (unpaired) electrons. The van der Waals surface area contributed by atoms with Crippen LogP contribution in [0.1, 0.15) is 41.4 Å². The second kappa shape index (κ2) is 14.6. The van der Waals surface area contributed by atoms with Gasteiger partial charge in [0.1, 0.15) is 12.7 Å². The van der Waals surface area contributed by atoms with Crippen molar-refractivity contribution < 1.29 is 42.9 Å². The zero-order valence-corrected chi connectivity index (χ0v) is 23.9. The maximum atomic E-state index is 13.4. The van der Waals surface area contributed by atoms with Crippen molar-refractivity contribution in [1.29, 1.82) is 0 Å². The summed E-state index contributed by atoms with van der Waals surface area (Å²) in [5.74, 6) is -0.573. The van der Waals surface area contributed by atoms with Gasteiger partial charge in [0.25, 0.3) is 0 Å². The summed E-state index contributed by atoms with van der Waals surface area (Å²) < 4.78 is 29.2. The summed E-state index contributed by atoms with van der Waals surface area (Å²) in [5, 5.41) is 0. The van der Waals surface area contributed by atoms with Gasteiger partial charge < -0.3 is 23.7 Å². The topological polar surface area (TPSA) is 114 Å². The van der Waals surface area contributed by atoms with Crippen LogP contribution in [0.4, 0.5) is 0 Å². The molecule has 0 unspecified atom stereocenters. The van der Waals surface area contributed by atoms with Gasteiger partial charge >= 0.3 is 23.9 Å². The molecule has 5 atom stereocenters. The maximum absolute atomic E-state index is 13.4. The number of hydrogen-bond donors (Lipinski definition) is 0. The van der Waals surface area contributed by atoms with Crippen molar-refractivity contribution in [2.45, 2.75) is 30.5 Å². The lowest BCUT2D eigenvalue weighted by Gasteiger charge is -2.43. The fraction of sp³-hybridized carbons (Fsp3) is 0.167. The second-order valence-corrected chi connectivity index (χ2v) is 9.93. The average molecular weight is 605 g/mol. The molecule has 1 aliphatic heterocycles. The molecule has 0 saturated carbocycles. The van der Waals surface area contributed by atoms with Gasteiger partial charge in [-0.1, -0.05) is 78.7 Å². The molecule has 9 nitrogen and oxygen atoms in total. The van der Waals surface area contributed by atoms with Crippen molar-refractivity contribution in [2.24, 2.45) is 0 Å². The van der Waals surface area contributed by atoms with E-state index in [2.05, 4.69) is 5.92 Å². The van der Waals surface area contributed by atoms with E-state index in [9.17, 15) is 19.2 Å². The van der Waals surface area contributed by atoms with Gasteiger partial charge in [0.05, 0.1) is 22.3 Å². The highest BCUT2D eigenvalue weighted by Crippen LogP contribution is 2.31. The zero-order valence-electron chi connectivity index (χ0n) is 23.9. The van der Waals surface area contributed by atoms with E-state index in [1.165, 1.54) is 12.1 Å². The molecule has 4 aromatic rings. The van der Waals surface area contributed by atoms with Crippen LogP contribution < -0.4 is 0 Å². The van der Waals surface area contributed by atoms with Crippen molar-refractivity contribution in [1.82, 2.24) is 0 Å². The summed E-state index contributed by atoms with van der Waals surface area (Å²) in [4.78, 5) is 52.8. The Morgan fingerprint density at radius 1 is 0.533 bits per heavy atom.